The summed E-state index contributed by atoms with van der Waals surface area (Å²) in [4.78, 5) is 22.8. The first-order chi connectivity index (χ1) is 12.9. The monoisotopic (exact) mass is 454 g/mol. The van der Waals surface area contributed by atoms with Gasteiger partial charge in [-0.3, -0.25) is 9.59 Å². The van der Waals surface area contributed by atoms with E-state index in [4.69, 9.17) is 25.8 Å². The lowest BCUT2D eigenvalue weighted by Gasteiger charge is -2.08. The molecule has 27 heavy (non-hydrogen) atoms. The van der Waals surface area contributed by atoms with Gasteiger partial charge in [0.15, 0.2) is 18.1 Å². The maximum Gasteiger partial charge on any atom is 0.308 e. The molecule has 0 aliphatic carbocycles. The average Bonchev–Trinajstić information content (AvgIpc) is 2.61. The molecule has 0 radical (unpaired) electrons. The molecule has 0 atom stereocenters. The van der Waals surface area contributed by atoms with Crippen LogP contribution in [0.25, 0.3) is 0 Å². The van der Waals surface area contributed by atoms with E-state index in [1.165, 1.54) is 20.2 Å². The predicted molar refractivity (Wildman–Crippen MR) is 105 cm³/mol. The maximum atomic E-state index is 11.8. The largest absolute Gasteiger partial charge is 0.493 e. The summed E-state index contributed by atoms with van der Waals surface area (Å²) in [6.07, 6.45) is 1.42. The third kappa shape index (κ3) is 6.58. The van der Waals surface area contributed by atoms with Crippen molar-refractivity contribution in [3.63, 3.8) is 0 Å². The fourth-order valence-corrected chi connectivity index (χ4v) is 2.68. The average molecular weight is 456 g/mol. The topological polar surface area (TPSA) is 86.2 Å². The van der Waals surface area contributed by atoms with Crippen LogP contribution in [-0.4, -0.2) is 31.8 Å². The molecule has 142 valence electrons. The number of methoxy groups -OCH3 is 1. The molecular weight excluding hydrogens is 440 g/mol. The van der Waals surface area contributed by atoms with Crippen LogP contribution in [0.4, 0.5) is 0 Å². The number of nitrogens with one attached hydrogen (secondary N) is 1. The number of amides is 1. The van der Waals surface area contributed by atoms with E-state index < -0.39 is 11.9 Å². The molecule has 9 heteroatoms. The van der Waals surface area contributed by atoms with Gasteiger partial charge >= 0.3 is 5.97 Å². The SMILES string of the molecule is COc1cc(C=NNC(=O)COc2ccc(Br)cc2Cl)ccc1OC(C)=O. The lowest BCUT2D eigenvalue weighted by molar-refractivity contribution is -0.132. The zero-order valence-corrected chi connectivity index (χ0v) is 16.8. The molecule has 0 aliphatic heterocycles. The highest BCUT2D eigenvalue weighted by molar-refractivity contribution is 9.10. The van der Waals surface area contributed by atoms with Crippen LogP contribution in [0, 0.1) is 0 Å². The second-order valence-corrected chi connectivity index (χ2v) is 6.48. The van der Waals surface area contributed by atoms with Crippen LogP contribution in [0.15, 0.2) is 46.0 Å². The fraction of sp³-hybridized carbons (Fsp3) is 0.167. The van der Waals surface area contributed by atoms with Crippen molar-refractivity contribution in [1.82, 2.24) is 5.43 Å². The minimum Gasteiger partial charge on any atom is -0.493 e. The highest BCUT2D eigenvalue weighted by atomic mass is 79.9. The first-order valence-corrected chi connectivity index (χ1v) is 8.82. The van der Waals surface area contributed by atoms with Crippen molar-refractivity contribution in [2.75, 3.05) is 13.7 Å². The molecular formula is C18H16BrClN2O5. The number of benzene rings is 2. The molecule has 0 bridgehead atoms. The van der Waals surface area contributed by atoms with Crippen LogP contribution in [-0.2, 0) is 9.59 Å². The van der Waals surface area contributed by atoms with Crippen molar-refractivity contribution in [2.24, 2.45) is 5.10 Å². The number of halogens is 2. The van der Waals surface area contributed by atoms with Gasteiger partial charge in [0.1, 0.15) is 5.75 Å². The Morgan fingerprint density at radius 2 is 1.93 bits per heavy atom. The van der Waals surface area contributed by atoms with Gasteiger partial charge in [0.2, 0.25) is 0 Å². The van der Waals surface area contributed by atoms with E-state index in [1.807, 2.05) is 0 Å². The molecule has 0 spiro atoms. The van der Waals surface area contributed by atoms with E-state index in [1.54, 1.807) is 36.4 Å². The number of hydrogen-bond acceptors (Lipinski definition) is 6. The Balaban J connectivity index is 1.90. The molecule has 0 saturated carbocycles. The molecule has 2 aromatic carbocycles. The Morgan fingerprint density at radius 3 is 2.59 bits per heavy atom. The third-order valence-corrected chi connectivity index (χ3v) is 3.89. The van der Waals surface area contributed by atoms with Crippen LogP contribution < -0.4 is 19.6 Å². The summed E-state index contributed by atoms with van der Waals surface area (Å²) in [6, 6.07) is 9.92. The quantitative estimate of drug-likeness (QED) is 0.299. The van der Waals surface area contributed by atoms with Crippen molar-refractivity contribution in [3.8, 4) is 17.2 Å². The summed E-state index contributed by atoms with van der Waals surface area (Å²) in [5.74, 6) is 0.158. The van der Waals surface area contributed by atoms with E-state index >= 15 is 0 Å². The van der Waals surface area contributed by atoms with Gasteiger partial charge < -0.3 is 14.2 Å². The van der Waals surface area contributed by atoms with Crippen molar-refractivity contribution < 1.29 is 23.8 Å². The number of hydrogen-bond donors (Lipinski definition) is 1. The molecule has 0 fully saturated rings. The standard InChI is InChI=1S/C18H16BrClN2O5/c1-11(23)27-16-5-3-12(7-17(16)25-2)9-21-22-18(24)10-26-15-6-4-13(19)8-14(15)20/h3-9H,10H2,1-2H3,(H,22,24). The molecule has 7 nitrogen and oxygen atoms in total. The van der Waals surface area contributed by atoms with Gasteiger partial charge in [-0.25, -0.2) is 5.43 Å². The first-order valence-electron chi connectivity index (χ1n) is 7.65. The summed E-state index contributed by atoms with van der Waals surface area (Å²) in [7, 11) is 1.45. The van der Waals surface area contributed by atoms with Crippen molar-refractivity contribution in [3.05, 3.63) is 51.5 Å². The first kappa shape index (κ1) is 20.7. The lowest BCUT2D eigenvalue weighted by atomic mass is 10.2. The van der Waals surface area contributed by atoms with Crippen molar-refractivity contribution in [1.29, 1.82) is 0 Å². The van der Waals surface area contributed by atoms with Crippen molar-refractivity contribution >= 4 is 45.6 Å². The van der Waals surface area contributed by atoms with Gasteiger partial charge in [-0.2, -0.15) is 5.10 Å². The molecule has 0 aromatic heterocycles. The van der Waals surface area contributed by atoms with Gasteiger partial charge in [0, 0.05) is 11.4 Å². The number of carbonyl (C=O) groups excluding carboxylic acids is 2. The zero-order chi connectivity index (χ0) is 19.8. The number of esters is 1. The van der Waals surface area contributed by atoms with Gasteiger partial charge in [-0.1, -0.05) is 27.5 Å². The Kier molecular flexibility index (Phi) is 7.63. The van der Waals surface area contributed by atoms with E-state index in [9.17, 15) is 9.59 Å². The highest BCUT2D eigenvalue weighted by Gasteiger charge is 2.08. The minimum atomic E-state index is -0.451. The molecule has 1 N–H and O–H groups in total. The molecule has 0 unspecified atom stereocenters. The maximum absolute atomic E-state index is 11.8. The van der Waals surface area contributed by atoms with Gasteiger partial charge in [0.05, 0.1) is 18.3 Å². The lowest BCUT2D eigenvalue weighted by Crippen LogP contribution is -2.24. The van der Waals surface area contributed by atoms with Crippen molar-refractivity contribution in [2.45, 2.75) is 6.92 Å². The normalized spacial score (nSPS) is 10.5. The number of nitrogens with zero attached hydrogens (tertiary/aromatic N) is 1. The summed E-state index contributed by atoms with van der Waals surface area (Å²) in [5, 5.41) is 4.24. The van der Waals surface area contributed by atoms with Gasteiger partial charge in [-0.15, -0.1) is 0 Å². The predicted octanol–water partition coefficient (Wildman–Crippen LogP) is 3.57. The number of ether oxygens (including phenoxy) is 3. The number of carbonyl (C=O) groups is 2. The van der Waals surface area contributed by atoms with Crippen LogP contribution in [0.1, 0.15) is 12.5 Å². The molecule has 0 aliphatic rings. The fourth-order valence-electron chi connectivity index (χ4n) is 1.95. The smallest absolute Gasteiger partial charge is 0.308 e. The van der Waals surface area contributed by atoms with E-state index in [0.29, 0.717) is 27.8 Å². The Bertz CT molecular complexity index is 873. The highest BCUT2D eigenvalue weighted by Crippen LogP contribution is 2.28. The van der Waals surface area contributed by atoms with Crippen LogP contribution in [0.5, 0.6) is 17.2 Å². The molecule has 1 amide bonds. The van der Waals surface area contributed by atoms with Crippen LogP contribution in [0.3, 0.4) is 0 Å². The number of rotatable bonds is 7. The number of hydrazone groups is 1. The minimum absolute atomic E-state index is 0.243. The molecule has 2 aromatic rings. The van der Waals surface area contributed by atoms with Gasteiger partial charge in [-0.05, 0) is 42.0 Å². The Morgan fingerprint density at radius 1 is 1.19 bits per heavy atom. The Labute approximate surface area is 169 Å². The molecule has 2 rings (SSSR count). The van der Waals surface area contributed by atoms with E-state index in [2.05, 4.69) is 26.5 Å². The van der Waals surface area contributed by atoms with Gasteiger partial charge in [0.25, 0.3) is 5.91 Å². The molecule has 0 saturated heterocycles. The van der Waals surface area contributed by atoms with Crippen LogP contribution in [0.2, 0.25) is 5.02 Å². The molecule has 0 heterocycles. The Hall–Kier alpha value is -2.58. The van der Waals surface area contributed by atoms with E-state index in [0.717, 1.165) is 4.47 Å². The summed E-state index contributed by atoms with van der Waals surface area (Å²) in [5.41, 5.74) is 2.98. The van der Waals surface area contributed by atoms with E-state index in [-0.39, 0.29) is 6.61 Å². The third-order valence-electron chi connectivity index (χ3n) is 3.10. The second kappa shape index (κ2) is 9.94. The second-order valence-electron chi connectivity index (χ2n) is 5.16. The summed E-state index contributed by atoms with van der Waals surface area (Å²) >= 11 is 9.30. The van der Waals surface area contributed by atoms with Crippen LogP contribution >= 0.6 is 27.5 Å². The zero-order valence-electron chi connectivity index (χ0n) is 14.5. The summed E-state index contributed by atoms with van der Waals surface area (Å²) < 4.78 is 16.3. The summed E-state index contributed by atoms with van der Waals surface area (Å²) in [6.45, 7) is 1.06.